The maximum Gasteiger partial charge on any atom is 0.230 e. The topological polar surface area (TPSA) is 86.0 Å². The SMILES string of the molecule is COc1cccc(-c2ncnc(Nc3cccc(N)c3)n2)c1. The van der Waals surface area contributed by atoms with Crippen molar-refractivity contribution in [3.8, 4) is 17.1 Å². The van der Waals surface area contributed by atoms with Gasteiger partial charge in [-0.1, -0.05) is 18.2 Å². The molecule has 0 saturated carbocycles. The summed E-state index contributed by atoms with van der Waals surface area (Å²) in [6, 6.07) is 14.9. The van der Waals surface area contributed by atoms with Gasteiger partial charge in [0.2, 0.25) is 5.95 Å². The lowest BCUT2D eigenvalue weighted by molar-refractivity contribution is 0.415. The quantitative estimate of drug-likeness (QED) is 0.719. The summed E-state index contributed by atoms with van der Waals surface area (Å²) in [5.74, 6) is 1.78. The lowest BCUT2D eigenvalue weighted by Gasteiger charge is -2.07. The number of nitrogen functional groups attached to an aromatic ring is 1. The molecule has 6 nitrogen and oxygen atoms in total. The predicted octanol–water partition coefficient (Wildman–Crippen LogP) is 2.87. The fourth-order valence-corrected chi connectivity index (χ4v) is 2.00. The fourth-order valence-electron chi connectivity index (χ4n) is 2.00. The molecule has 0 saturated heterocycles. The largest absolute Gasteiger partial charge is 0.497 e. The normalized spacial score (nSPS) is 10.2. The van der Waals surface area contributed by atoms with E-state index >= 15 is 0 Å². The van der Waals surface area contributed by atoms with E-state index in [1.807, 2.05) is 48.5 Å². The Morgan fingerprint density at radius 1 is 1.05 bits per heavy atom. The molecule has 3 aromatic rings. The third-order valence-corrected chi connectivity index (χ3v) is 3.04. The Kier molecular flexibility index (Phi) is 3.82. The number of nitrogens with zero attached hydrogens (tertiary/aromatic N) is 3. The molecule has 0 unspecified atom stereocenters. The Balaban J connectivity index is 1.89. The molecule has 3 rings (SSSR count). The van der Waals surface area contributed by atoms with Crippen LogP contribution in [0.25, 0.3) is 11.4 Å². The number of hydrogen-bond donors (Lipinski definition) is 2. The third kappa shape index (κ3) is 3.12. The van der Waals surface area contributed by atoms with E-state index in [0.717, 1.165) is 17.0 Å². The van der Waals surface area contributed by atoms with Gasteiger partial charge in [-0.2, -0.15) is 4.98 Å². The van der Waals surface area contributed by atoms with Crippen LogP contribution in [0, 0.1) is 0 Å². The summed E-state index contributed by atoms with van der Waals surface area (Å²) in [6.45, 7) is 0. The van der Waals surface area contributed by atoms with Crippen LogP contribution in [-0.2, 0) is 0 Å². The number of nitrogens with one attached hydrogen (secondary N) is 1. The zero-order chi connectivity index (χ0) is 15.4. The van der Waals surface area contributed by atoms with Gasteiger partial charge in [0.15, 0.2) is 5.82 Å². The van der Waals surface area contributed by atoms with Crippen molar-refractivity contribution in [3.05, 3.63) is 54.9 Å². The van der Waals surface area contributed by atoms with Gasteiger partial charge in [-0.25, -0.2) is 9.97 Å². The van der Waals surface area contributed by atoms with Crippen LogP contribution in [0.1, 0.15) is 0 Å². The summed E-state index contributed by atoms with van der Waals surface area (Å²) >= 11 is 0. The van der Waals surface area contributed by atoms with E-state index in [2.05, 4.69) is 20.3 Å². The molecular formula is C16H15N5O. The van der Waals surface area contributed by atoms with Crippen molar-refractivity contribution < 1.29 is 4.74 Å². The molecule has 0 spiro atoms. The molecule has 22 heavy (non-hydrogen) atoms. The van der Waals surface area contributed by atoms with E-state index in [1.54, 1.807) is 7.11 Å². The van der Waals surface area contributed by atoms with Gasteiger partial charge in [-0.05, 0) is 30.3 Å². The highest BCUT2D eigenvalue weighted by Crippen LogP contribution is 2.22. The van der Waals surface area contributed by atoms with Gasteiger partial charge in [0.1, 0.15) is 12.1 Å². The minimum absolute atomic E-state index is 0.457. The number of aromatic nitrogens is 3. The monoisotopic (exact) mass is 293 g/mol. The van der Waals surface area contributed by atoms with Crippen molar-refractivity contribution in [1.29, 1.82) is 0 Å². The van der Waals surface area contributed by atoms with Crippen molar-refractivity contribution in [2.75, 3.05) is 18.2 Å². The van der Waals surface area contributed by atoms with Gasteiger partial charge in [-0.15, -0.1) is 0 Å². The number of anilines is 3. The first-order chi connectivity index (χ1) is 10.7. The highest BCUT2D eigenvalue weighted by Gasteiger charge is 2.05. The second kappa shape index (κ2) is 6.09. The molecule has 6 heteroatoms. The number of ether oxygens (including phenoxy) is 1. The summed E-state index contributed by atoms with van der Waals surface area (Å²) in [4.78, 5) is 12.7. The molecule has 0 aliphatic rings. The molecule has 0 fully saturated rings. The first-order valence-electron chi connectivity index (χ1n) is 6.70. The van der Waals surface area contributed by atoms with Gasteiger partial charge in [0, 0.05) is 16.9 Å². The average Bonchev–Trinajstić information content (AvgIpc) is 2.55. The molecule has 0 aliphatic heterocycles. The maximum absolute atomic E-state index is 5.76. The van der Waals surface area contributed by atoms with E-state index in [0.29, 0.717) is 17.5 Å². The lowest BCUT2D eigenvalue weighted by Crippen LogP contribution is -2.00. The Labute approximate surface area is 128 Å². The molecule has 0 radical (unpaired) electrons. The second-order valence-electron chi connectivity index (χ2n) is 4.62. The Bertz CT molecular complexity index is 791. The molecule has 0 aliphatic carbocycles. The molecule has 1 heterocycles. The minimum atomic E-state index is 0.457. The number of nitrogens with two attached hydrogens (primary N) is 1. The van der Waals surface area contributed by atoms with Gasteiger partial charge < -0.3 is 15.8 Å². The molecular weight excluding hydrogens is 278 g/mol. The third-order valence-electron chi connectivity index (χ3n) is 3.04. The zero-order valence-corrected chi connectivity index (χ0v) is 12.0. The molecule has 0 atom stereocenters. The molecule has 0 bridgehead atoms. The van der Waals surface area contributed by atoms with Crippen LogP contribution in [0.3, 0.4) is 0 Å². The number of methoxy groups -OCH3 is 1. The van der Waals surface area contributed by atoms with Crippen LogP contribution < -0.4 is 15.8 Å². The van der Waals surface area contributed by atoms with E-state index < -0.39 is 0 Å². The molecule has 2 aromatic carbocycles. The van der Waals surface area contributed by atoms with Crippen LogP contribution in [0.15, 0.2) is 54.9 Å². The van der Waals surface area contributed by atoms with Gasteiger partial charge in [0.05, 0.1) is 7.11 Å². The smallest absolute Gasteiger partial charge is 0.230 e. The van der Waals surface area contributed by atoms with Crippen molar-refractivity contribution in [1.82, 2.24) is 15.0 Å². The van der Waals surface area contributed by atoms with Crippen LogP contribution >= 0.6 is 0 Å². The predicted molar refractivity (Wildman–Crippen MR) is 86.0 cm³/mol. The summed E-state index contributed by atoms with van der Waals surface area (Å²) < 4.78 is 5.21. The summed E-state index contributed by atoms with van der Waals surface area (Å²) in [5, 5.41) is 3.11. The van der Waals surface area contributed by atoms with Crippen molar-refractivity contribution >= 4 is 17.3 Å². The van der Waals surface area contributed by atoms with Crippen molar-refractivity contribution in [2.45, 2.75) is 0 Å². The van der Waals surface area contributed by atoms with E-state index in [1.165, 1.54) is 6.33 Å². The van der Waals surface area contributed by atoms with Crippen molar-refractivity contribution in [3.63, 3.8) is 0 Å². The van der Waals surface area contributed by atoms with E-state index in [9.17, 15) is 0 Å². The highest BCUT2D eigenvalue weighted by atomic mass is 16.5. The van der Waals surface area contributed by atoms with Crippen LogP contribution in [-0.4, -0.2) is 22.1 Å². The second-order valence-corrected chi connectivity index (χ2v) is 4.62. The number of hydrogen-bond acceptors (Lipinski definition) is 6. The molecule has 3 N–H and O–H groups in total. The number of rotatable bonds is 4. The Hall–Kier alpha value is -3.15. The first-order valence-corrected chi connectivity index (χ1v) is 6.70. The van der Waals surface area contributed by atoms with Gasteiger partial charge in [-0.3, -0.25) is 0 Å². The summed E-state index contributed by atoms with van der Waals surface area (Å²) in [7, 11) is 1.62. The standard InChI is InChI=1S/C16H15N5O/c1-22-14-7-2-4-11(8-14)15-18-10-19-16(21-15)20-13-6-3-5-12(17)9-13/h2-10H,17H2,1H3,(H,18,19,20,21). The molecule has 110 valence electrons. The minimum Gasteiger partial charge on any atom is -0.497 e. The maximum atomic E-state index is 5.76. The first kappa shape index (κ1) is 13.8. The average molecular weight is 293 g/mol. The van der Waals surface area contributed by atoms with Crippen molar-refractivity contribution in [2.24, 2.45) is 0 Å². The highest BCUT2D eigenvalue weighted by molar-refractivity contribution is 5.62. The summed E-state index contributed by atoms with van der Waals surface area (Å²) in [5.41, 5.74) is 8.11. The molecule has 1 aromatic heterocycles. The fraction of sp³-hybridized carbons (Fsp3) is 0.0625. The Morgan fingerprint density at radius 2 is 1.91 bits per heavy atom. The zero-order valence-electron chi connectivity index (χ0n) is 12.0. The lowest BCUT2D eigenvalue weighted by atomic mass is 10.2. The van der Waals surface area contributed by atoms with Crippen LogP contribution in [0.2, 0.25) is 0 Å². The summed E-state index contributed by atoms with van der Waals surface area (Å²) in [6.07, 6.45) is 1.47. The van der Waals surface area contributed by atoms with E-state index in [-0.39, 0.29) is 0 Å². The molecule has 0 amide bonds. The van der Waals surface area contributed by atoms with Crippen LogP contribution in [0.5, 0.6) is 5.75 Å². The Morgan fingerprint density at radius 3 is 2.73 bits per heavy atom. The number of benzene rings is 2. The van der Waals surface area contributed by atoms with Gasteiger partial charge >= 0.3 is 0 Å². The van der Waals surface area contributed by atoms with E-state index in [4.69, 9.17) is 10.5 Å². The van der Waals surface area contributed by atoms with Crippen LogP contribution in [0.4, 0.5) is 17.3 Å². The van der Waals surface area contributed by atoms with Gasteiger partial charge in [0.25, 0.3) is 0 Å².